The fourth-order valence-electron chi connectivity index (χ4n) is 3.04. The first-order chi connectivity index (χ1) is 13.5. The first-order valence-corrected chi connectivity index (χ1v) is 9.79. The van der Waals surface area contributed by atoms with Gasteiger partial charge >= 0.3 is 0 Å². The van der Waals surface area contributed by atoms with Crippen molar-refractivity contribution < 1.29 is 13.9 Å². The van der Waals surface area contributed by atoms with Crippen molar-refractivity contribution in [1.82, 2.24) is 4.98 Å². The number of methoxy groups -OCH3 is 1. The minimum Gasteiger partial charge on any atom is -0.497 e. The van der Waals surface area contributed by atoms with Crippen LogP contribution in [0.5, 0.6) is 5.75 Å². The molecule has 0 unspecified atom stereocenters. The van der Waals surface area contributed by atoms with Crippen LogP contribution in [0.2, 0.25) is 0 Å². The van der Waals surface area contributed by atoms with Gasteiger partial charge in [-0.2, -0.15) is 0 Å². The summed E-state index contributed by atoms with van der Waals surface area (Å²) in [6, 6.07) is 13.7. The van der Waals surface area contributed by atoms with E-state index in [0.717, 1.165) is 33.4 Å². The van der Waals surface area contributed by atoms with E-state index in [1.807, 2.05) is 61.7 Å². The quantitative estimate of drug-likeness (QED) is 0.496. The third kappa shape index (κ3) is 3.77. The number of aromatic nitrogens is 1. The van der Waals surface area contributed by atoms with E-state index in [2.05, 4.69) is 10.3 Å². The summed E-state index contributed by atoms with van der Waals surface area (Å²) in [4.78, 5) is 16.9. The number of benzene rings is 2. The number of carbonyl (C=O) groups excluding carboxylic acids is 1. The Morgan fingerprint density at radius 1 is 1.18 bits per heavy atom. The molecule has 4 rings (SSSR count). The number of rotatable bonds is 5. The molecule has 6 heteroatoms. The Balaban J connectivity index is 1.49. The van der Waals surface area contributed by atoms with Crippen LogP contribution in [0, 0.1) is 13.8 Å². The van der Waals surface area contributed by atoms with Crippen molar-refractivity contribution in [3.63, 3.8) is 0 Å². The van der Waals surface area contributed by atoms with Gasteiger partial charge in [0.1, 0.15) is 17.0 Å². The predicted octanol–water partition coefficient (Wildman–Crippen LogP) is 5.36. The highest BCUT2D eigenvalue weighted by Crippen LogP contribution is 2.32. The summed E-state index contributed by atoms with van der Waals surface area (Å²) < 4.78 is 11.1. The molecular weight excluding hydrogens is 372 g/mol. The van der Waals surface area contributed by atoms with Crippen molar-refractivity contribution in [2.45, 2.75) is 20.3 Å². The summed E-state index contributed by atoms with van der Waals surface area (Å²) in [5.41, 5.74) is 4.72. The Bertz CT molecular complexity index is 1160. The fourth-order valence-corrected chi connectivity index (χ4v) is 3.75. The normalized spacial score (nSPS) is 11.0. The topological polar surface area (TPSA) is 64.4 Å². The molecular formula is C22H20N2O3S. The second-order valence-corrected chi connectivity index (χ2v) is 7.57. The number of nitrogens with one attached hydrogen (secondary N) is 1. The molecule has 0 aliphatic carbocycles. The average molecular weight is 392 g/mol. The molecule has 0 bridgehead atoms. The minimum atomic E-state index is -0.0797. The number of nitrogens with zero attached hydrogens (tertiary/aromatic N) is 1. The van der Waals surface area contributed by atoms with Crippen molar-refractivity contribution in [2.24, 2.45) is 0 Å². The molecule has 1 N–H and O–H groups in total. The van der Waals surface area contributed by atoms with E-state index in [-0.39, 0.29) is 5.91 Å². The van der Waals surface area contributed by atoms with Crippen molar-refractivity contribution in [2.75, 3.05) is 12.4 Å². The smallest absolute Gasteiger partial charge is 0.230 e. The maximum absolute atomic E-state index is 12.4. The van der Waals surface area contributed by atoms with Crippen LogP contribution < -0.4 is 10.1 Å². The Morgan fingerprint density at radius 3 is 2.86 bits per heavy atom. The number of anilines is 1. The van der Waals surface area contributed by atoms with E-state index in [9.17, 15) is 4.79 Å². The summed E-state index contributed by atoms with van der Waals surface area (Å²) in [6.45, 7) is 4.04. The second kappa shape index (κ2) is 7.48. The highest BCUT2D eigenvalue weighted by Gasteiger charge is 2.13. The fraction of sp³-hybridized carbons (Fsp3) is 0.182. The number of carbonyl (C=O) groups is 1. The van der Waals surface area contributed by atoms with Gasteiger partial charge in [-0.25, -0.2) is 4.98 Å². The maximum atomic E-state index is 12.4. The molecule has 0 aliphatic heterocycles. The van der Waals surface area contributed by atoms with Gasteiger partial charge < -0.3 is 14.5 Å². The molecule has 2 heterocycles. The van der Waals surface area contributed by atoms with E-state index in [0.29, 0.717) is 23.0 Å². The molecule has 0 fully saturated rings. The molecule has 2 aromatic heterocycles. The third-order valence-corrected chi connectivity index (χ3v) is 5.34. The van der Waals surface area contributed by atoms with Gasteiger partial charge in [-0.15, -0.1) is 11.3 Å². The molecule has 0 atom stereocenters. The van der Waals surface area contributed by atoms with Crippen molar-refractivity contribution >= 4 is 33.3 Å². The van der Waals surface area contributed by atoms with Gasteiger partial charge in [0.25, 0.3) is 0 Å². The molecule has 142 valence electrons. The number of hydrogen-bond donors (Lipinski definition) is 1. The molecule has 2 aromatic carbocycles. The molecule has 0 aliphatic rings. The highest BCUT2D eigenvalue weighted by molar-refractivity contribution is 7.14. The Morgan fingerprint density at radius 2 is 2.04 bits per heavy atom. The lowest BCUT2D eigenvalue weighted by Gasteiger charge is -2.06. The number of hydrogen-bond acceptors (Lipinski definition) is 5. The molecule has 0 saturated carbocycles. The summed E-state index contributed by atoms with van der Waals surface area (Å²) in [5.74, 6) is 1.32. The summed E-state index contributed by atoms with van der Waals surface area (Å²) in [7, 11) is 1.62. The zero-order chi connectivity index (χ0) is 19.7. The van der Waals surface area contributed by atoms with Gasteiger partial charge in [0.15, 0.2) is 10.9 Å². The lowest BCUT2D eigenvalue weighted by molar-refractivity contribution is -0.115. The van der Waals surface area contributed by atoms with E-state index in [4.69, 9.17) is 9.15 Å². The van der Waals surface area contributed by atoms with Crippen molar-refractivity contribution in [3.05, 3.63) is 64.5 Å². The van der Waals surface area contributed by atoms with E-state index in [1.54, 1.807) is 7.11 Å². The van der Waals surface area contributed by atoms with Crippen LogP contribution >= 0.6 is 11.3 Å². The van der Waals surface area contributed by atoms with Gasteiger partial charge in [-0.1, -0.05) is 23.8 Å². The van der Waals surface area contributed by atoms with E-state index in [1.165, 1.54) is 11.3 Å². The van der Waals surface area contributed by atoms with Crippen LogP contribution in [-0.4, -0.2) is 18.0 Å². The largest absolute Gasteiger partial charge is 0.497 e. The van der Waals surface area contributed by atoms with Crippen molar-refractivity contribution in [3.8, 4) is 17.2 Å². The third-order valence-electron chi connectivity index (χ3n) is 4.59. The highest BCUT2D eigenvalue weighted by atomic mass is 32.1. The molecule has 5 nitrogen and oxygen atoms in total. The standard InChI is InChI=1S/C22H20N2O3S/c1-13-4-5-14(2)16(8-13)10-21(25)24-22-23-18(12-28-22)20-9-15-6-7-17(26-3)11-19(15)27-20/h4-9,11-12H,10H2,1-3H3,(H,23,24,25). The summed E-state index contributed by atoms with van der Waals surface area (Å²) in [5, 5.41) is 6.30. The molecule has 4 aromatic rings. The number of fused-ring (bicyclic) bond motifs is 1. The van der Waals surface area contributed by atoms with Gasteiger partial charge in [0.2, 0.25) is 5.91 Å². The molecule has 28 heavy (non-hydrogen) atoms. The van der Waals surface area contributed by atoms with Gasteiger partial charge in [-0.05, 0) is 43.2 Å². The van der Waals surface area contributed by atoms with Gasteiger partial charge in [0, 0.05) is 16.8 Å². The van der Waals surface area contributed by atoms with E-state index >= 15 is 0 Å². The van der Waals surface area contributed by atoms with Crippen LogP contribution in [-0.2, 0) is 11.2 Å². The Kier molecular flexibility index (Phi) is 4.88. The first kappa shape index (κ1) is 18.3. The molecule has 1 amide bonds. The number of thiazole rings is 1. The maximum Gasteiger partial charge on any atom is 0.230 e. The number of ether oxygens (including phenoxy) is 1. The number of furan rings is 1. The monoisotopic (exact) mass is 392 g/mol. The summed E-state index contributed by atoms with van der Waals surface area (Å²) >= 11 is 1.38. The lowest BCUT2D eigenvalue weighted by atomic mass is 10.0. The first-order valence-electron chi connectivity index (χ1n) is 8.91. The number of aryl methyl sites for hydroxylation is 2. The van der Waals surface area contributed by atoms with Gasteiger partial charge in [0.05, 0.1) is 13.5 Å². The Labute approximate surface area is 167 Å². The zero-order valence-corrected chi connectivity index (χ0v) is 16.7. The molecule has 0 spiro atoms. The van der Waals surface area contributed by atoms with Gasteiger partial charge in [-0.3, -0.25) is 4.79 Å². The average Bonchev–Trinajstić information content (AvgIpc) is 3.30. The predicted molar refractivity (Wildman–Crippen MR) is 112 cm³/mol. The van der Waals surface area contributed by atoms with Crippen molar-refractivity contribution in [1.29, 1.82) is 0 Å². The SMILES string of the molecule is COc1ccc2cc(-c3csc(NC(=O)Cc4cc(C)ccc4C)n3)oc2c1. The van der Waals surface area contributed by atoms with E-state index < -0.39 is 0 Å². The van der Waals surface area contributed by atoms with Crippen LogP contribution in [0.4, 0.5) is 5.13 Å². The second-order valence-electron chi connectivity index (χ2n) is 6.71. The van der Waals surface area contributed by atoms with Crippen LogP contribution in [0.25, 0.3) is 22.4 Å². The minimum absolute atomic E-state index is 0.0797. The van der Waals surface area contributed by atoms with Crippen LogP contribution in [0.3, 0.4) is 0 Å². The summed E-state index contributed by atoms with van der Waals surface area (Å²) in [6.07, 6.45) is 0.326. The zero-order valence-electron chi connectivity index (χ0n) is 15.9. The lowest BCUT2D eigenvalue weighted by Crippen LogP contribution is -2.15. The number of amides is 1. The Hall–Kier alpha value is -3.12. The van der Waals surface area contributed by atoms with Crippen LogP contribution in [0.1, 0.15) is 16.7 Å². The van der Waals surface area contributed by atoms with Crippen LogP contribution in [0.15, 0.2) is 52.3 Å². The molecule has 0 saturated heterocycles. The molecule has 0 radical (unpaired) electrons.